The second-order valence-electron chi connectivity index (χ2n) is 5.18. The Bertz CT molecular complexity index is 730. The van der Waals surface area contributed by atoms with E-state index in [1.54, 1.807) is 42.5 Å². The third-order valence-electron chi connectivity index (χ3n) is 3.26. The van der Waals surface area contributed by atoms with Crippen molar-refractivity contribution < 1.29 is 14.3 Å². The first-order chi connectivity index (χ1) is 11.5. The van der Waals surface area contributed by atoms with E-state index >= 15 is 0 Å². The van der Waals surface area contributed by atoms with E-state index in [-0.39, 0.29) is 18.4 Å². The maximum Gasteiger partial charge on any atom is 0.262 e. The lowest BCUT2D eigenvalue weighted by Gasteiger charge is -2.10. The molecule has 2 N–H and O–H groups in total. The zero-order chi connectivity index (χ0) is 17.5. The first-order valence-electron chi connectivity index (χ1n) is 7.56. The summed E-state index contributed by atoms with van der Waals surface area (Å²) in [6.45, 7) is 4.17. The van der Waals surface area contributed by atoms with Crippen molar-refractivity contribution in [2.75, 3.05) is 18.5 Å². The second kappa shape index (κ2) is 8.36. The van der Waals surface area contributed by atoms with E-state index in [0.717, 1.165) is 5.56 Å². The summed E-state index contributed by atoms with van der Waals surface area (Å²) in [6, 6.07) is 11.9. The molecule has 0 unspecified atom stereocenters. The predicted octanol–water partition coefficient (Wildman–Crippen LogP) is 3.42. The number of aryl methyl sites for hydroxylation is 1. The van der Waals surface area contributed by atoms with E-state index in [1.807, 2.05) is 13.8 Å². The molecule has 2 amide bonds. The van der Waals surface area contributed by atoms with Crippen LogP contribution in [0.3, 0.4) is 0 Å². The van der Waals surface area contributed by atoms with Crippen LogP contribution in [0.5, 0.6) is 5.75 Å². The molecule has 0 aromatic heterocycles. The Kier molecular flexibility index (Phi) is 6.21. The smallest absolute Gasteiger partial charge is 0.262 e. The summed E-state index contributed by atoms with van der Waals surface area (Å²) in [5, 5.41) is 6.06. The fourth-order valence-electron chi connectivity index (χ4n) is 2.08. The van der Waals surface area contributed by atoms with Crippen LogP contribution in [-0.4, -0.2) is 25.0 Å². The lowest BCUT2D eigenvalue weighted by atomic mass is 10.2. The summed E-state index contributed by atoms with van der Waals surface area (Å²) in [7, 11) is 0. The minimum Gasteiger partial charge on any atom is -0.483 e. The van der Waals surface area contributed by atoms with E-state index < -0.39 is 0 Å². The number of carbonyl (C=O) groups is 2. The van der Waals surface area contributed by atoms with E-state index in [4.69, 9.17) is 16.3 Å². The van der Waals surface area contributed by atoms with Gasteiger partial charge >= 0.3 is 0 Å². The molecule has 0 bridgehead atoms. The molecule has 0 aliphatic heterocycles. The van der Waals surface area contributed by atoms with Crippen molar-refractivity contribution in [2.24, 2.45) is 0 Å². The molecule has 0 spiro atoms. The normalized spacial score (nSPS) is 10.1. The van der Waals surface area contributed by atoms with Gasteiger partial charge in [-0.15, -0.1) is 0 Å². The van der Waals surface area contributed by atoms with Crippen molar-refractivity contribution in [1.29, 1.82) is 0 Å². The molecule has 0 radical (unpaired) electrons. The van der Waals surface area contributed by atoms with Crippen LogP contribution < -0.4 is 15.4 Å². The molecule has 0 saturated carbocycles. The minimum atomic E-state index is -0.282. The molecule has 2 rings (SSSR count). The van der Waals surface area contributed by atoms with Gasteiger partial charge in [0.15, 0.2) is 6.61 Å². The van der Waals surface area contributed by atoms with Crippen molar-refractivity contribution in [1.82, 2.24) is 5.32 Å². The molecule has 126 valence electrons. The number of amides is 2. The Hall–Kier alpha value is -2.53. The summed E-state index contributed by atoms with van der Waals surface area (Å²) >= 11 is 5.88. The highest BCUT2D eigenvalue weighted by atomic mass is 35.5. The standard InChI is InChI=1S/C18H19ClN2O3/c1-3-20-18(23)13-4-7-15(8-5-13)21-17(22)11-24-16-9-6-14(19)10-12(16)2/h4-10H,3,11H2,1-2H3,(H,20,23)(H,21,22). The van der Waals surface area contributed by atoms with E-state index in [0.29, 0.717) is 28.6 Å². The molecule has 0 fully saturated rings. The van der Waals surface area contributed by atoms with Crippen LogP contribution in [0.2, 0.25) is 5.02 Å². The number of rotatable bonds is 6. The van der Waals surface area contributed by atoms with Gasteiger partial charge in [-0.1, -0.05) is 11.6 Å². The number of hydrogen-bond acceptors (Lipinski definition) is 3. The topological polar surface area (TPSA) is 67.4 Å². The molecule has 5 nitrogen and oxygen atoms in total. The fourth-order valence-corrected chi connectivity index (χ4v) is 2.31. The van der Waals surface area contributed by atoms with E-state index in [9.17, 15) is 9.59 Å². The van der Waals surface area contributed by atoms with Gasteiger partial charge in [-0.05, 0) is 61.9 Å². The SMILES string of the molecule is CCNC(=O)c1ccc(NC(=O)COc2ccc(Cl)cc2C)cc1. The van der Waals surface area contributed by atoms with Crippen molar-refractivity contribution >= 4 is 29.1 Å². The number of ether oxygens (including phenoxy) is 1. The third kappa shape index (κ3) is 4.99. The van der Waals surface area contributed by atoms with Crippen LogP contribution in [0.4, 0.5) is 5.69 Å². The Morgan fingerprint density at radius 3 is 2.46 bits per heavy atom. The van der Waals surface area contributed by atoms with Crippen molar-refractivity contribution in [2.45, 2.75) is 13.8 Å². The second-order valence-corrected chi connectivity index (χ2v) is 5.62. The average molecular weight is 347 g/mol. The Morgan fingerprint density at radius 2 is 1.83 bits per heavy atom. The summed E-state index contributed by atoms with van der Waals surface area (Å²) in [6.07, 6.45) is 0. The van der Waals surface area contributed by atoms with Crippen LogP contribution in [0.1, 0.15) is 22.8 Å². The van der Waals surface area contributed by atoms with Gasteiger partial charge < -0.3 is 15.4 Å². The predicted molar refractivity (Wildman–Crippen MR) is 94.8 cm³/mol. The highest BCUT2D eigenvalue weighted by molar-refractivity contribution is 6.30. The van der Waals surface area contributed by atoms with Crippen LogP contribution in [0.15, 0.2) is 42.5 Å². The van der Waals surface area contributed by atoms with Crippen LogP contribution in [0, 0.1) is 6.92 Å². The molecule has 0 aliphatic carbocycles. The zero-order valence-electron chi connectivity index (χ0n) is 13.6. The largest absolute Gasteiger partial charge is 0.483 e. The summed E-state index contributed by atoms with van der Waals surface area (Å²) < 4.78 is 5.48. The van der Waals surface area contributed by atoms with E-state index in [1.165, 1.54) is 0 Å². The molecule has 0 atom stereocenters. The molecule has 6 heteroatoms. The number of anilines is 1. The van der Waals surface area contributed by atoms with Gasteiger partial charge in [-0.2, -0.15) is 0 Å². The molecule has 2 aromatic carbocycles. The minimum absolute atomic E-state index is 0.111. The Morgan fingerprint density at radius 1 is 1.12 bits per heavy atom. The highest BCUT2D eigenvalue weighted by Gasteiger charge is 2.07. The van der Waals surface area contributed by atoms with Gasteiger partial charge in [-0.25, -0.2) is 0 Å². The van der Waals surface area contributed by atoms with Gasteiger partial charge in [0.25, 0.3) is 11.8 Å². The van der Waals surface area contributed by atoms with Gasteiger partial charge in [0.05, 0.1) is 0 Å². The van der Waals surface area contributed by atoms with Gasteiger partial charge in [0, 0.05) is 22.8 Å². The number of carbonyl (C=O) groups excluding carboxylic acids is 2. The molecular weight excluding hydrogens is 328 g/mol. The van der Waals surface area contributed by atoms with Crippen LogP contribution in [0.25, 0.3) is 0 Å². The van der Waals surface area contributed by atoms with Crippen LogP contribution >= 0.6 is 11.6 Å². The van der Waals surface area contributed by atoms with Gasteiger partial charge in [0.1, 0.15) is 5.75 Å². The molecule has 0 aliphatic rings. The average Bonchev–Trinajstić information content (AvgIpc) is 2.55. The summed E-state index contributed by atoms with van der Waals surface area (Å²) in [4.78, 5) is 23.6. The molecular formula is C18H19ClN2O3. The number of halogens is 1. The van der Waals surface area contributed by atoms with Gasteiger partial charge in [0.2, 0.25) is 0 Å². The Labute approximate surface area is 146 Å². The van der Waals surface area contributed by atoms with Gasteiger partial charge in [-0.3, -0.25) is 9.59 Å². The van der Waals surface area contributed by atoms with E-state index in [2.05, 4.69) is 10.6 Å². The highest BCUT2D eigenvalue weighted by Crippen LogP contribution is 2.21. The van der Waals surface area contributed by atoms with Crippen molar-refractivity contribution in [3.05, 3.63) is 58.6 Å². The number of nitrogens with one attached hydrogen (secondary N) is 2. The third-order valence-corrected chi connectivity index (χ3v) is 3.50. The maximum absolute atomic E-state index is 11.9. The lowest BCUT2D eigenvalue weighted by molar-refractivity contribution is -0.118. The number of benzene rings is 2. The molecule has 0 heterocycles. The zero-order valence-corrected chi connectivity index (χ0v) is 14.3. The Balaban J connectivity index is 1.89. The fraction of sp³-hybridized carbons (Fsp3) is 0.222. The van der Waals surface area contributed by atoms with Crippen LogP contribution in [-0.2, 0) is 4.79 Å². The maximum atomic E-state index is 11.9. The monoisotopic (exact) mass is 346 g/mol. The summed E-state index contributed by atoms with van der Waals surface area (Å²) in [5.74, 6) is 0.188. The molecule has 24 heavy (non-hydrogen) atoms. The molecule has 0 saturated heterocycles. The molecule has 2 aromatic rings. The quantitative estimate of drug-likeness (QED) is 0.842. The number of hydrogen-bond donors (Lipinski definition) is 2. The summed E-state index contributed by atoms with van der Waals surface area (Å²) in [5.41, 5.74) is 2.01. The van der Waals surface area contributed by atoms with Crippen molar-refractivity contribution in [3.8, 4) is 5.75 Å². The van der Waals surface area contributed by atoms with Crippen molar-refractivity contribution in [3.63, 3.8) is 0 Å². The first kappa shape index (κ1) is 17.8. The lowest BCUT2D eigenvalue weighted by Crippen LogP contribution is -2.23. The first-order valence-corrected chi connectivity index (χ1v) is 7.94.